The van der Waals surface area contributed by atoms with Gasteiger partial charge >= 0.3 is 5.97 Å². The van der Waals surface area contributed by atoms with E-state index in [1.165, 1.54) is 34.9 Å². The second-order valence-electron chi connectivity index (χ2n) is 5.53. The Morgan fingerprint density at radius 1 is 1.46 bits per heavy atom. The Morgan fingerprint density at radius 2 is 2.27 bits per heavy atom. The summed E-state index contributed by atoms with van der Waals surface area (Å²) in [4.78, 5) is 25.9. The molecule has 0 saturated carbocycles. The molecule has 0 fully saturated rings. The highest BCUT2D eigenvalue weighted by molar-refractivity contribution is 6.08. The van der Waals surface area contributed by atoms with Crippen molar-refractivity contribution in [3.05, 3.63) is 53.7 Å². The number of β-amino-alcohol motifs (C(OH)–C–C–N with tert-alkyl or cyclic N) is 1. The van der Waals surface area contributed by atoms with Crippen molar-refractivity contribution in [1.29, 1.82) is 0 Å². The largest absolute Gasteiger partial charge is 0.466 e. The predicted molar refractivity (Wildman–Crippen MR) is 89.9 cm³/mol. The summed E-state index contributed by atoms with van der Waals surface area (Å²) in [5.41, 5.74) is 0.872. The van der Waals surface area contributed by atoms with Gasteiger partial charge in [0.1, 0.15) is 11.5 Å². The number of carbonyl (C=O) groups is 2. The van der Waals surface area contributed by atoms with Crippen LogP contribution in [-0.4, -0.2) is 58.5 Å². The van der Waals surface area contributed by atoms with E-state index in [1.807, 2.05) is 0 Å². The fourth-order valence-corrected chi connectivity index (χ4v) is 2.70. The van der Waals surface area contributed by atoms with E-state index in [9.17, 15) is 14.0 Å². The summed E-state index contributed by atoms with van der Waals surface area (Å²) in [6, 6.07) is 5.69. The molecule has 1 aromatic heterocycles. The monoisotopic (exact) mass is 360 g/mol. The molecule has 0 spiro atoms. The zero-order valence-electron chi connectivity index (χ0n) is 14.0. The van der Waals surface area contributed by atoms with Crippen molar-refractivity contribution in [3.8, 4) is 5.69 Å². The van der Waals surface area contributed by atoms with Gasteiger partial charge in [-0.2, -0.15) is 5.10 Å². The van der Waals surface area contributed by atoms with Crippen molar-refractivity contribution in [2.75, 3.05) is 32.1 Å². The number of amides is 1. The number of ether oxygens (including phenoxy) is 1. The number of methoxy groups -OCH3 is 1. The minimum absolute atomic E-state index is 0.000812. The van der Waals surface area contributed by atoms with E-state index >= 15 is 0 Å². The number of esters is 1. The Labute approximate surface area is 148 Å². The summed E-state index contributed by atoms with van der Waals surface area (Å²) in [6.07, 6.45) is 3.23. The maximum atomic E-state index is 13.8. The van der Waals surface area contributed by atoms with Crippen LogP contribution in [0.25, 0.3) is 5.69 Å². The van der Waals surface area contributed by atoms with Gasteiger partial charge in [0.05, 0.1) is 37.2 Å². The summed E-state index contributed by atoms with van der Waals surface area (Å²) in [5, 5.41) is 16.0. The predicted octanol–water partition coefficient (Wildman–Crippen LogP) is 0.685. The molecule has 26 heavy (non-hydrogen) atoms. The quantitative estimate of drug-likeness (QED) is 0.736. The number of aromatic nitrogens is 2. The van der Waals surface area contributed by atoms with Crippen molar-refractivity contribution in [3.63, 3.8) is 0 Å². The van der Waals surface area contributed by atoms with Crippen molar-refractivity contribution in [1.82, 2.24) is 14.7 Å². The summed E-state index contributed by atoms with van der Waals surface area (Å²) in [5.74, 6) is -1.66. The molecule has 0 unspecified atom stereocenters. The van der Waals surface area contributed by atoms with E-state index in [1.54, 1.807) is 18.5 Å². The van der Waals surface area contributed by atoms with Crippen LogP contribution in [0.2, 0.25) is 0 Å². The molecule has 3 rings (SSSR count). The highest BCUT2D eigenvalue weighted by Crippen LogP contribution is 2.27. The van der Waals surface area contributed by atoms with E-state index < -0.39 is 17.7 Å². The first-order valence-corrected chi connectivity index (χ1v) is 7.83. The van der Waals surface area contributed by atoms with Gasteiger partial charge in [-0.1, -0.05) is 0 Å². The van der Waals surface area contributed by atoms with Crippen LogP contribution in [0.5, 0.6) is 0 Å². The van der Waals surface area contributed by atoms with Crippen molar-refractivity contribution in [2.24, 2.45) is 0 Å². The summed E-state index contributed by atoms with van der Waals surface area (Å²) in [7, 11) is 1.21. The number of nitrogens with zero attached hydrogens (tertiary/aromatic N) is 3. The molecule has 0 radical (unpaired) electrons. The van der Waals surface area contributed by atoms with Gasteiger partial charge < -0.3 is 20.1 Å². The smallest absolute Gasteiger partial charge is 0.337 e. The first-order valence-electron chi connectivity index (χ1n) is 7.83. The lowest BCUT2D eigenvalue weighted by Crippen LogP contribution is -2.31. The Morgan fingerprint density at radius 3 is 2.92 bits per heavy atom. The molecule has 0 atom stereocenters. The van der Waals surface area contributed by atoms with Gasteiger partial charge in [0.2, 0.25) is 0 Å². The molecule has 9 heteroatoms. The number of halogens is 1. The fourth-order valence-electron chi connectivity index (χ4n) is 2.70. The Bertz CT molecular complexity index is 864. The average molecular weight is 360 g/mol. The third-order valence-corrected chi connectivity index (χ3v) is 3.92. The SMILES string of the molecule is COC(=O)C1=C(Nc2cc(F)ccc2-n2cccn2)C(=O)N(CCO)C1. The van der Waals surface area contributed by atoms with E-state index in [2.05, 4.69) is 10.4 Å². The van der Waals surface area contributed by atoms with E-state index in [0.29, 0.717) is 5.69 Å². The van der Waals surface area contributed by atoms with Gasteiger partial charge in [-0.3, -0.25) is 4.79 Å². The normalized spacial score (nSPS) is 14.1. The maximum Gasteiger partial charge on any atom is 0.337 e. The fraction of sp³-hybridized carbons (Fsp3) is 0.235. The molecule has 1 aromatic carbocycles. The molecule has 2 heterocycles. The molecule has 8 nitrogen and oxygen atoms in total. The van der Waals surface area contributed by atoms with E-state index in [0.717, 1.165) is 0 Å². The lowest BCUT2D eigenvalue weighted by Gasteiger charge is -2.16. The number of aliphatic hydroxyl groups excluding tert-OH is 1. The van der Waals surface area contributed by atoms with Crippen molar-refractivity contribution < 1.29 is 23.8 Å². The van der Waals surface area contributed by atoms with Gasteiger partial charge in [0.25, 0.3) is 5.91 Å². The van der Waals surface area contributed by atoms with E-state index in [-0.39, 0.29) is 36.7 Å². The maximum absolute atomic E-state index is 13.8. The van der Waals surface area contributed by atoms with Crippen molar-refractivity contribution >= 4 is 17.6 Å². The van der Waals surface area contributed by atoms with Crippen LogP contribution in [0.1, 0.15) is 0 Å². The second kappa shape index (κ2) is 7.36. The lowest BCUT2D eigenvalue weighted by atomic mass is 10.2. The Balaban J connectivity index is 2.02. The van der Waals surface area contributed by atoms with Crippen LogP contribution in [0.4, 0.5) is 10.1 Å². The van der Waals surface area contributed by atoms with Crippen LogP contribution < -0.4 is 5.32 Å². The lowest BCUT2D eigenvalue weighted by molar-refractivity contribution is -0.136. The standard InChI is InChI=1S/C17H17FN4O4/c1-26-17(25)12-10-21(7-8-23)16(24)15(12)20-13-9-11(18)3-4-14(13)22-6-2-5-19-22/h2-6,9,20,23H,7-8,10H2,1H3. The summed E-state index contributed by atoms with van der Waals surface area (Å²) >= 11 is 0. The topological polar surface area (TPSA) is 96.7 Å². The molecule has 1 amide bonds. The summed E-state index contributed by atoms with van der Waals surface area (Å²) < 4.78 is 20.0. The zero-order valence-corrected chi connectivity index (χ0v) is 14.0. The van der Waals surface area contributed by atoms with Gasteiger partial charge in [-0.15, -0.1) is 0 Å². The molecule has 2 N–H and O–H groups in total. The number of anilines is 1. The zero-order chi connectivity index (χ0) is 18.7. The molecular formula is C17H17FN4O4. The molecule has 2 aromatic rings. The van der Waals surface area contributed by atoms with Crippen LogP contribution in [0.15, 0.2) is 47.9 Å². The molecular weight excluding hydrogens is 343 g/mol. The highest BCUT2D eigenvalue weighted by atomic mass is 19.1. The number of nitrogens with one attached hydrogen (secondary N) is 1. The third kappa shape index (κ3) is 3.29. The molecule has 0 bridgehead atoms. The first-order chi connectivity index (χ1) is 12.5. The first kappa shape index (κ1) is 17.6. The minimum atomic E-state index is -0.668. The Kier molecular flexibility index (Phi) is 4.99. The van der Waals surface area contributed by atoms with Gasteiger partial charge in [0, 0.05) is 18.9 Å². The average Bonchev–Trinajstić information content (AvgIpc) is 3.26. The number of rotatable bonds is 6. The van der Waals surface area contributed by atoms with Crippen LogP contribution >= 0.6 is 0 Å². The van der Waals surface area contributed by atoms with Gasteiger partial charge in [0.15, 0.2) is 0 Å². The van der Waals surface area contributed by atoms with Gasteiger partial charge in [-0.05, 0) is 24.3 Å². The van der Waals surface area contributed by atoms with Crippen LogP contribution in [0, 0.1) is 5.82 Å². The molecule has 1 aliphatic heterocycles. The minimum Gasteiger partial charge on any atom is -0.466 e. The second-order valence-corrected chi connectivity index (χ2v) is 5.53. The van der Waals surface area contributed by atoms with E-state index in [4.69, 9.17) is 9.84 Å². The number of benzene rings is 1. The number of aliphatic hydroxyl groups is 1. The van der Waals surface area contributed by atoms with Gasteiger partial charge in [-0.25, -0.2) is 13.9 Å². The molecule has 1 aliphatic rings. The Hall–Kier alpha value is -3.20. The molecule has 0 aliphatic carbocycles. The highest BCUT2D eigenvalue weighted by Gasteiger charge is 2.34. The van der Waals surface area contributed by atoms with Crippen LogP contribution in [0.3, 0.4) is 0 Å². The number of hydrogen-bond donors (Lipinski definition) is 2. The third-order valence-electron chi connectivity index (χ3n) is 3.92. The van der Waals surface area contributed by atoms with Crippen molar-refractivity contribution in [2.45, 2.75) is 0 Å². The van der Waals surface area contributed by atoms with Crippen LogP contribution in [-0.2, 0) is 14.3 Å². The number of carbonyl (C=O) groups excluding carboxylic acids is 2. The molecule has 0 saturated heterocycles. The summed E-state index contributed by atoms with van der Waals surface area (Å²) in [6.45, 7) is -0.174. The number of hydrogen-bond acceptors (Lipinski definition) is 6. The molecule has 136 valence electrons.